The van der Waals surface area contributed by atoms with Crippen molar-refractivity contribution in [3.63, 3.8) is 0 Å². The van der Waals surface area contributed by atoms with Crippen molar-refractivity contribution >= 4 is 0 Å². The van der Waals surface area contributed by atoms with Crippen molar-refractivity contribution in [1.82, 2.24) is 19.7 Å². The van der Waals surface area contributed by atoms with Crippen LogP contribution in [0.4, 0.5) is 0 Å². The molecule has 0 aromatic carbocycles. The van der Waals surface area contributed by atoms with Gasteiger partial charge in [-0.05, 0) is 45.0 Å². The van der Waals surface area contributed by atoms with Crippen LogP contribution in [0.3, 0.4) is 0 Å². The topological polar surface area (TPSA) is 34.8 Å². The molecule has 1 unspecified atom stereocenters. The van der Waals surface area contributed by atoms with Gasteiger partial charge in [-0.3, -0.25) is 4.68 Å². The van der Waals surface area contributed by atoms with E-state index in [4.69, 9.17) is 0 Å². The Morgan fingerprint density at radius 3 is 2.79 bits per heavy atom. The van der Waals surface area contributed by atoms with E-state index in [2.05, 4.69) is 65.0 Å². The lowest BCUT2D eigenvalue weighted by atomic mass is 10.2. The molecule has 0 radical (unpaired) electrons. The smallest absolute Gasteiger partial charge is 0.0639 e. The van der Waals surface area contributed by atoms with E-state index in [-0.39, 0.29) is 0 Å². The van der Waals surface area contributed by atoms with Crippen molar-refractivity contribution in [3.8, 4) is 0 Å². The molecule has 19 heavy (non-hydrogen) atoms. The molecule has 0 saturated heterocycles. The molecule has 2 aromatic heterocycles. The van der Waals surface area contributed by atoms with Crippen LogP contribution in [0.5, 0.6) is 0 Å². The van der Waals surface area contributed by atoms with Crippen LogP contribution in [0, 0.1) is 0 Å². The number of nitrogens with one attached hydrogen (secondary N) is 1. The third-order valence-electron chi connectivity index (χ3n) is 3.63. The number of aryl methyl sites for hydroxylation is 2. The fourth-order valence-electron chi connectivity index (χ4n) is 2.26. The van der Waals surface area contributed by atoms with E-state index in [9.17, 15) is 0 Å². The van der Waals surface area contributed by atoms with Gasteiger partial charge in [0.2, 0.25) is 0 Å². The van der Waals surface area contributed by atoms with Gasteiger partial charge in [0.15, 0.2) is 0 Å². The highest BCUT2D eigenvalue weighted by atomic mass is 15.3. The van der Waals surface area contributed by atoms with Crippen LogP contribution in [0.1, 0.15) is 43.8 Å². The van der Waals surface area contributed by atoms with E-state index in [1.807, 2.05) is 7.05 Å². The highest BCUT2D eigenvalue weighted by Crippen LogP contribution is 2.14. The maximum Gasteiger partial charge on any atom is 0.0639 e. The molecule has 0 fully saturated rings. The van der Waals surface area contributed by atoms with Gasteiger partial charge in [-0.1, -0.05) is 6.92 Å². The van der Waals surface area contributed by atoms with Crippen molar-refractivity contribution < 1.29 is 0 Å². The molecule has 1 atom stereocenters. The molecule has 2 rings (SSSR count). The van der Waals surface area contributed by atoms with E-state index < -0.39 is 0 Å². The Morgan fingerprint density at radius 1 is 1.37 bits per heavy atom. The number of hydrogen-bond acceptors (Lipinski definition) is 2. The summed E-state index contributed by atoms with van der Waals surface area (Å²) in [6.07, 6.45) is 5.34. The predicted octanol–water partition coefficient (Wildman–Crippen LogP) is 2.60. The van der Waals surface area contributed by atoms with E-state index in [0.717, 1.165) is 19.5 Å². The van der Waals surface area contributed by atoms with Crippen molar-refractivity contribution in [2.24, 2.45) is 0 Å². The fraction of sp³-hybridized carbons (Fsp3) is 0.533. The first-order chi connectivity index (χ1) is 9.17. The molecular formula is C15H24N4. The number of nitrogens with zero attached hydrogens (tertiary/aromatic N) is 3. The van der Waals surface area contributed by atoms with Gasteiger partial charge in [0.05, 0.1) is 17.9 Å². The average Bonchev–Trinajstić information content (AvgIpc) is 3.05. The minimum atomic E-state index is 0.392. The van der Waals surface area contributed by atoms with Gasteiger partial charge in [0.1, 0.15) is 0 Å². The maximum absolute atomic E-state index is 4.59. The largest absolute Gasteiger partial charge is 0.348 e. The Balaban J connectivity index is 2.16. The molecular weight excluding hydrogens is 236 g/mol. The summed E-state index contributed by atoms with van der Waals surface area (Å²) in [6.45, 7) is 8.27. The predicted molar refractivity (Wildman–Crippen MR) is 78.3 cm³/mol. The zero-order valence-electron chi connectivity index (χ0n) is 12.3. The normalized spacial score (nSPS) is 12.8. The van der Waals surface area contributed by atoms with Gasteiger partial charge < -0.3 is 9.88 Å². The van der Waals surface area contributed by atoms with Crippen molar-refractivity contribution in [2.75, 3.05) is 7.05 Å². The SMILES string of the molecule is CCc1cc(Cn2ccc(C(C)NC)c2)n(CC)n1. The highest BCUT2D eigenvalue weighted by Gasteiger charge is 2.08. The van der Waals surface area contributed by atoms with Crippen LogP contribution in [0.2, 0.25) is 0 Å². The second-order valence-corrected chi connectivity index (χ2v) is 4.92. The average molecular weight is 260 g/mol. The lowest BCUT2D eigenvalue weighted by molar-refractivity contribution is 0.593. The van der Waals surface area contributed by atoms with Crippen LogP contribution < -0.4 is 5.32 Å². The summed E-state index contributed by atoms with van der Waals surface area (Å²) in [5.74, 6) is 0. The van der Waals surface area contributed by atoms with Gasteiger partial charge in [0, 0.05) is 25.0 Å². The molecule has 2 heterocycles. The third-order valence-corrected chi connectivity index (χ3v) is 3.63. The van der Waals surface area contributed by atoms with Crippen molar-refractivity contribution in [1.29, 1.82) is 0 Å². The fourth-order valence-corrected chi connectivity index (χ4v) is 2.26. The number of hydrogen-bond donors (Lipinski definition) is 1. The summed E-state index contributed by atoms with van der Waals surface area (Å²) in [5, 5.41) is 7.86. The lowest BCUT2D eigenvalue weighted by Gasteiger charge is -2.08. The number of aromatic nitrogens is 3. The first-order valence-electron chi connectivity index (χ1n) is 7.06. The van der Waals surface area contributed by atoms with E-state index in [0.29, 0.717) is 6.04 Å². The Kier molecular flexibility index (Phi) is 4.43. The summed E-state index contributed by atoms with van der Waals surface area (Å²) < 4.78 is 4.33. The second kappa shape index (κ2) is 6.06. The van der Waals surface area contributed by atoms with Crippen LogP contribution in [-0.4, -0.2) is 21.4 Å². The Bertz CT molecular complexity index is 524. The van der Waals surface area contributed by atoms with E-state index >= 15 is 0 Å². The first-order valence-corrected chi connectivity index (χ1v) is 7.06. The Labute approximate surface area is 115 Å². The summed E-state index contributed by atoms with van der Waals surface area (Å²) in [7, 11) is 1.99. The zero-order valence-corrected chi connectivity index (χ0v) is 12.3. The molecule has 0 aliphatic rings. The molecule has 2 aromatic rings. The first kappa shape index (κ1) is 13.9. The van der Waals surface area contributed by atoms with Gasteiger partial charge in [-0.15, -0.1) is 0 Å². The van der Waals surface area contributed by atoms with Crippen molar-refractivity contribution in [3.05, 3.63) is 41.5 Å². The molecule has 4 nitrogen and oxygen atoms in total. The molecule has 0 aliphatic heterocycles. The van der Waals surface area contributed by atoms with Gasteiger partial charge >= 0.3 is 0 Å². The number of rotatable bonds is 6. The molecule has 0 spiro atoms. The van der Waals surface area contributed by atoms with Crippen LogP contribution in [-0.2, 0) is 19.5 Å². The molecule has 4 heteroatoms. The van der Waals surface area contributed by atoms with Gasteiger partial charge in [-0.2, -0.15) is 5.10 Å². The standard InChI is InChI=1S/C15H24N4/c1-5-14-9-15(19(6-2)17-14)11-18-8-7-13(10-18)12(3)16-4/h7-10,12,16H,5-6,11H2,1-4H3. The third kappa shape index (κ3) is 3.07. The quantitative estimate of drug-likeness (QED) is 0.866. The van der Waals surface area contributed by atoms with E-state index in [1.54, 1.807) is 0 Å². The lowest BCUT2D eigenvalue weighted by Crippen LogP contribution is -2.11. The monoisotopic (exact) mass is 260 g/mol. The van der Waals surface area contributed by atoms with Crippen LogP contribution >= 0.6 is 0 Å². The molecule has 0 aliphatic carbocycles. The minimum Gasteiger partial charge on any atom is -0.348 e. The second-order valence-electron chi connectivity index (χ2n) is 4.92. The molecule has 0 amide bonds. The Hall–Kier alpha value is -1.55. The van der Waals surface area contributed by atoms with Gasteiger partial charge in [0.25, 0.3) is 0 Å². The molecule has 0 bridgehead atoms. The summed E-state index contributed by atoms with van der Waals surface area (Å²) >= 11 is 0. The summed E-state index contributed by atoms with van der Waals surface area (Å²) in [4.78, 5) is 0. The van der Waals surface area contributed by atoms with Crippen LogP contribution in [0.15, 0.2) is 24.5 Å². The maximum atomic E-state index is 4.59. The minimum absolute atomic E-state index is 0.392. The van der Waals surface area contributed by atoms with Crippen LogP contribution in [0.25, 0.3) is 0 Å². The Morgan fingerprint density at radius 2 is 2.16 bits per heavy atom. The zero-order chi connectivity index (χ0) is 13.8. The summed E-state index contributed by atoms with van der Waals surface area (Å²) in [6, 6.07) is 4.78. The summed E-state index contributed by atoms with van der Waals surface area (Å²) in [5.41, 5.74) is 3.77. The molecule has 0 saturated carbocycles. The highest BCUT2D eigenvalue weighted by molar-refractivity contribution is 5.17. The van der Waals surface area contributed by atoms with Crippen molar-refractivity contribution in [2.45, 2.75) is 46.3 Å². The van der Waals surface area contributed by atoms with Gasteiger partial charge in [-0.25, -0.2) is 0 Å². The van der Waals surface area contributed by atoms with E-state index in [1.165, 1.54) is 17.0 Å². The molecule has 104 valence electrons. The molecule has 1 N–H and O–H groups in total.